The lowest BCUT2D eigenvalue weighted by Gasteiger charge is -2.32. The number of piperidine rings is 1. The van der Waals surface area contributed by atoms with E-state index in [1.165, 1.54) is 0 Å². The third-order valence-electron chi connectivity index (χ3n) is 4.29. The van der Waals surface area contributed by atoms with Crippen LogP contribution in [0, 0.1) is 5.92 Å². The second-order valence-electron chi connectivity index (χ2n) is 5.70. The molecule has 0 spiro atoms. The van der Waals surface area contributed by atoms with Crippen LogP contribution in [0.2, 0.25) is 0 Å². The van der Waals surface area contributed by atoms with Crippen molar-refractivity contribution in [2.24, 2.45) is 5.92 Å². The first-order valence-electron chi connectivity index (χ1n) is 7.41. The zero-order chi connectivity index (χ0) is 13.9. The Labute approximate surface area is 119 Å². The van der Waals surface area contributed by atoms with Crippen molar-refractivity contribution < 1.29 is 14.6 Å². The van der Waals surface area contributed by atoms with Crippen molar-refractivity contribution in [1.29, 1.82) is 0 Å². The van der Waals surface area contributed by atoms with Crippen LogP contribution in [0.4, 0.5) is 0 Å². The molecule has 3 rings (SSSR count). The van der Waals surface area contributed by atoms with Gasteiger partial charge in [-0.15, -0.1) is 0 Å². The number of aliphatic hydroxyl groups excluding tert-OH is 1. The standard InChI is InChI=1S/C16H21NO3/c18-14-5-8-17(9-6-14)16(19)13-7-10-20-15-4-2-1-3-12(15)11-13/h1-4,13-14,18H,5-11H2. The van der Waals surface area contributed by atoms with Gasteiger partial charge in [0.2, 0.25) is 5.91 Å². The smallest absolute Gasteiger partial charge is 0.226 e. The van der Waals surface area contributed by atoms with Gasteiger partial charge < -0.3 is 14.7 Å². The van der Waals surface area contributed by atoms with Crippen LogP contribution >= 0.6 is 0 Å². The number of benzene rings is 1. The average molecular weight is 275 g/mol. The van der Waals surface area contributed by atoms with Gasteiger partial charge in [-0.1, -0.05) is 18.2 Å². The summed E-state index contributed by atoms with van der Waals surface area (Å²) in [4.78, 5) is 14.5. The molecule has 0 saturated carbocycles. The third-order valence-corrected chi connectivity index (χ3v) is 4.29. The molecule has 1 saturated heterocycles. The van der Waals surface area contributed by atoms with E-state index < -0.39 is 0 Å². The normalized spacial score (nSPS) is 23.6. The molecule has 1 aromatic rings. The van der Waals surface area contributed by atoms with E-state index in [1.807, 2.05) is 29.2 Å². The third kappa shape index (κ3) is 2.80. The van der Waals surface area contributed by atoms with Gasteiger partial charge >= 0.3 is 0 Å². The van der Waals surface area contributed by atoms with Crippen LogP contribution in [-0.4, -0.2) is 41.7 Å². The summed E-state index contributed by atoms with van der Waals surface area (Å²) in [5, 5.41) is 9.54. The number of para-hydroxylation sites is 1. The Balaban J connectivity index is 1.69. The van der Waals surface area contributed by atoms with Gasteiger partial charge in [0.05, 0.1) is 12.7 Å². The molecule has 1 atom stereocenters. The van der Waals surface area contributed by atoms with Crippen LogP contribution in [0.5, 0.6) is 5.75 Å². The molecule has 108 valence electrons. The molecule has 0 aliphatic carbocycles. The molecule has 0 radical (unpaired) electrons. The predicted octanol–water partition coefficient (Wildman–Crippen LogP) is 1.61. The van der Waals surface area contributed by atoms with Gasteiger partial charge in [0, 0.05) is 19.0 Å². The molecule has 0 bridgehead atoms. The van der Waals surface area contributed by atoms with Crippen molar-refractivity contribution >= 4 is 5.91 Å². The molecule has 2 heterocycles. The van der Waals surface area contributed by atoms with E-state index in [1.54, 1.807) is 0 Å². The molecule has 1 amide bonds. The van der Waals surface area contributed by atoms with Crippen molar-refractivity contribution in [1.82, 2.24) is 4.90 Å². The number of carbonyl (C=O) groups is 1. The number of hydrogen-bond acceptors (Lipinski definition) is 3. The fourth-order valence-electron chi connectivity index (χ4n) is 3.05. The Morgan fingerprint density at radius 3 is 2.75 bits per heavy atom. The minimum absolute atomic E-state index is 0.00823. The van der Waals surface area contributed by atoms with E-state index in [0.29, 0.717) is 32.5 Å². The number of fused-ring (bicyclic) bond motifs is 1. The Morgan fingerprint density at radius 2 is 1.95 bits per heavy atom. The summed E-state index contributed by atoms with van der Waals surface area (Å²) in [5.41, 5.74) is 1.13. The largest absolute Gasteiger partial charge is 0.493 e. The molecule has 2 aliphatic heterocycles. The Hall–Kier alpha value is -1.55. The number of likely N-dealkylation sites (tertiary alicyclic amines) is 1. The summed E-state index contributed by atoms with van der Waals surface area (Å²) in [5.74, 6) is 1.14. The fourth-order valence-corrected chi connectivity index (χ4v) is 3.05. The highest BCUT2D eigenvalue weighted by Gasteiger charge is 2.29. The molecule has 1 N–H and O–H groups in total. The Kier molecular flexibility index (Phi) is 3.92. The van der Waals surface area contributed by atoms with Gasteiger partial charge in [-0.2, -0.15) is 0 Å². The first kappa shape index (κ1) is 13.4. The second-order valence-corrected chi connectivity index (χ2v) is 5.70. The maximum Gasteiger partial charge on any atom is 0.226 e. The number of rotatable bonds is 1. The second kappa shape index (κ2) is 5.83. The first-order chi connectivity index (χ1) is 9.74. The molecule has 4 heteroatoms. The maximum atomic E-state index is 12.6. The van der Waals surface area contributed by atoms with Crippen LogP contribution in [-0.2, 0) is 11.2 Å². The van der Waals surface area contributed by atoms with Crippen molar-refractivity contribution in [2.45, 2.75) is 31.8 Å². The highest BCUT2D eigenvalue weighted by Crippen LogP contribution is 2.28. The van der Waals surface area contributed by atoms with E-state index in [2.05, 4.69) is 0 Å². The maximum absolute atomic E-state index is 12.6. The first-order valence-corrected chi connectivity index (χ1v) is 7.41. The highest BCUT2D eigenvalue weighted by molar-refractivity contribution is 5.79. The quantitative estimate of drug-likeness (QED) is 0.847. The van der Waals surface area contributed by atoms with E-state index >= 15 is 0 Å². The van der Waals surface area contributed by atoms with E-state index in [0.717, 1.165) is 24.2 Å². The van der Waals surface area contributed by atoms with E-state index in [4.69, 9.17) is 4.74 Å². The molecule has 0 aromatic heterocycles. The molecule has 1 aromatic carbocycles. The number of nitrogens with zero attached hydrogens (tertiary/aromatic N) is 1. The molecule has 4 nitrogen and oxygen atoms in total. The van der Waals surface area contributed by atoms with Crippen LogP contribution in [0.3, 0.4) is 0 Å². The summed E-state index contributed by atoms with van der Waals surface area (Å²) in [6, 6.07) is 7.97. The highest BCUT2D eigenvalue weighted by atomic mass is 16.5. The van der Waals surface area contributed by atoms with E-state index in [-0.39, 0.29) is 17.9 Å². The van der Waals surface area contributed by atoms with Gasteiger partial charge in [-0.25, -0.2) is 0 Å². The molecule has 20 heavy (non-hydrogen) atoms. The van der Waals surface area contributed by atoms with Crippen molar-refractivity contribution in [3.63, 3.8) is 0 Å². The minimum atomic E-state index is -0.239. The van der Waals surface area contributed by atoms with Crippen molar-refractivity contribution in [3.05, 3.63) is 29.8 Å². The molecular weight excluding hydrogens is 254 g/mol. The lowest BCUT2D eigenvalue weighted by molar-refractivity contribution is -0.137. The molecular formula is C16H21NO3. The van der Waals surface area contributed by atoms with Crippen molar-refractivity contribution in [3.8, 4) is 5.75 Å². The number of ether oxygens (including phenoxy) is 1. The van der Waals surface area contributed by atoms with Gasteiger partial charge in [0.1, 0.15) is 5.75 Å². The average Bonchev–Trinajstić information content (AvgIpc) is 2.69. The van der Waals surface area contributed by atoms with Crippen LogP contribution in [0.25, 0.3) is 0 Å². The van der Waals surface area contributed by atoms with Crippen molar-refractivity contribution in [2.75, 3.05) is 19.7 Å². The number of aliphatic hydroxyl groups is 1. The van der Waals surface area contributed by atoms with Gasteiger partial charge in [0.15, 0.2) is 0 Å². The fraction of sp³-hybridized carbons (Fsp3) is 0.562. The van der Waals surface area contributed by atoms with Crippen LogP contribution in [0.15, 0.2) is 24.3 Å². The summed E-state index contributed by atoms with van der Waals surface area (Å²) in [6.07, 6.45) is 2.69. The summed E-state index contributed by atoms with van der Waals surface area (Å²) >= 11 is 0. The van der Waals surface area contributed by atoms with Gasteiger partial charge in [-0.3, -0.25) is 4.79 Å². The minimum Gasteiger partial charge on any atom is -0.493 e. The molecule has 2 aliphatic rings. The van der Waals surface area contributed by atoms with E-state index in [9.17, 15) is 9.90 Å². The molecule has 1 unspecified atom stereocenters. The predicted molar refractivity (Wildman–Crippen MR) is 75.6 cm³/mol. The Bertz CT molecular complexity index is 480. The number of carbonyl (C=O) groups excluding carboxylic acids is 1. The topological polar surface area (TPSA) is 49.8 Å². The number of hydrogen-bond donors (Lipinski definition) is 1. The van der Waals surface area contributed by atoms with Gasteiger partial charge in [0.25, 0.3) is 0 Å². The zero-order valence-electron chi connectivity index (χ0n) is 11.6. The van der Waals surface area contributed by atoms with Crippen LogP contribution < -0.4 is 4.74 Å². The molecule has 1 fully saturated rings. The summed E-state index contributed by atoms with van der Waals surface area (Å²) in [6.45, 7) is 1.96. The van der Waals surface area contributed by atoms with Gasteiger partial charge in [-0.05, 0) is 37.3 Å². The number of amides is 1. The Morgan fingerprint density at radius 1 is 1.20 bits per heavy atom. The lowest BCUT2D eigenvalue weighted by Crippen LogP contribution is -2.43. The SMILES string of the molecule is O=C(C1CCOc2ccccc2C1)N1CCC(O)CC1. The summed E-state index contributed by atoms with van der Waals surface area (Å²) < 4.78 is 5.72. The lowest BCUT2D eigenvalue weighted by atomic mass is 9.94. The summed E-state index contributed by atoms with van der Waals surface area (Å²) in [7, 11) is 0. The zero-order valence-corrected chi connectivity index (χ0v) is 11.6. The van der Waals surface area contributed by atoms with Crippen LogP contribution in [0.1, 0.15) is 24.8 Å². The monoisotopic (exact) mass is 275 g/mol.